The van der Waals surface area contributed by atoms with Gasteiger partial charge in [0.1, 0.15) is 42.0 Å². The van der Waals surface area contributed by atoms with Gasteiger partial charge in [0.25, 0.3) is 0 Å². The lowest BCUT2D eigenvalue weighted by Gasteiger charge is -2.26. The van der Waals surface area contributed by atoms with Crippen LogP contribution in [-0.4, -0.2) is 115 Å². The predicted molar refractivity (Wildman–Crippen MR) is 185 cm³/mol. The lowest BCUT2D eigenvalue weighted by atomic mass is 10.0. The number of nitrogens with one attached hydrogen (secondary N) is 5. The van der Waals surface area contributed by atoms with Gasteiger partial charge in [-0.2, -0.15) is 0 Å². The Morgan fingerprint density at radius 1 is 0.755 bits per heavy atom. The van der Waals surface area contributed by atoms with Crippen molar-refractivity contribution in [1.29, 1.82) is 0 Å². The van der Waals surface area contributed by atoms with E-state index < -0.39 is 104 Å². The average molecular weight is 776 g/mol. The molecular formula is C31H50N7O14P. The van der Waals surface area contributed by atoms with Crippen LogP contribution in [0.3, 0.4) is 0 Å². The number of nitrogens with two attached hydrogens (primary N) is 2. The number of hydrogen-bond donors (Lipinski definition) is 12. The third kappa shape index (κ3) is 17.1. The van der Waals surface area contributed by atoms with Gasteiger partial charge in [-0.1, -0.05) is 26.0 Å². The molecule has 1 aromatic carbocycles. The Morgan fingerprint density at radius 2 is 1.28 bits per heavy atom. The molecule has 0 saturated heterocycles. The summed E-state index contributed by atoms with van der Waals surface area (Å²) in [4.78, 5) is 107. The highest BCUT2D eigenvalue weighted by molar-refractivity contribution is 7.46. The molecule has 22 heteroatoms. The molecule has 1 aromatic rings. The van der Waals surface area contributed by atoms with Crippen molar-refractivity contribution in [3.8, 4) is 5.75 Å². The number of carboxylic acid groups (broad SMARTS) is 2. The van der Waals surface area contributed by atoms with E-state index in [0.29, 0.717) is 12.8 Å². The minimum absolute atomic E-state index is 0.0791. The van der Waals surface area contributed by atoms with Crippen LogP contribution in [0.15, 0.2) is 24.3 Å². The third-order valence-corrected chi connectivity index (χ3v) is 8.07. The Hall–Kier alpha value is -4.66. The maximum atomic E-state index is 13.6. The highest BCUT2D eigenvalue weighted by Gasteiger charge is 2.33. The Labute approximate surface area is 305 Å². The number of phosphoric acid groups is 1. The fraction of sp³-hybridized carbons (Fsp3) is 0.581. The summed E-state index contributed by atoms with van der Waals surface area (Å²) in [5.74, 6) is -8.39. The molecule has 5 amide bonds. The topological polar surface area (TPSA) is 359 Å². The van der Waals surface area contributed by atoms with Gasteiger partial charge in [0.15, 0.2) is 0 Å². The van der Waals surface area contributed by atoms with Gasteiger partial charge in [-0.25, -0.2) is 9.36 Å². The number of hydrogen-bond acceptors (Lipinski definition) is 12. The van der Waals surface area contributed by atoms with Gasteiger partial charge < -0.3 is 57.9 Å². The van der Waals surface area contributed by atoms with E-state index in [4.69, 9.17) is 21.3 Å². The van der Waals surface area contributed by atoms with Crippen LogP contribution in [0.5, 0.6) is 5.75 Å². The SMILES string of the molecule is CC(C)[C@H](NC(=O)[C@H](CCCCN)NC(=O)[C@H](C)NC(=O)[C@H](Cc1ccc(OP(=O)(O)O)cc1)NC(=O)[C@H](CC(=O)O)NC(=O)[C@@H](N)[C@@H](C)O)C(=O)O. The highest BCUT2D eigenvalue weighted by Crippen LogP contribution is 2.37. The Balaban J connectivity index is 3.34. The van der Waals surface area contributed by atoms with E-state index in [1.165, 1.54) is 26.0 Å². The molecule has 0 radical (unpaired) electrons. The first kappa shape index (κ1) is 46.4. The molecule has 0 bridgehead atoms. The van der Waals surface area contributed by atoms with E-state index in [0.717, 1.165) is 12.1 Å². The number of amides is 5. The summed E-state index contributed by atoms with van der Waals surface area (Å²) < 4.78 is 15.7. The van der Waals surface area contributed by atoms with Crippen LogP contribution < -0.4 is 42.6 Å². The summed E-state index contributed by atoms with van der Waals surface area (Å²) in [6.45, 7) is 5.91. The number of phosphoric ester groups is 1. The minimum atomic E-state index is -4.90. The van der Waals surface area contributed by atoms with Crippen LogP contribution in [0.25, 0.3) is 0 Å². The number of carboxylic acids is 2. The van der Waals surface area contributed by atoms with Crippen molar-refractivity contribution in [3.05, 3.63) is 29.8 Å². The first-order chi connectivity index (χ1) is 24.6. The van der Waals surface area contributed by atoms with Crippen molar-refractivity contribution >= 4 is 49.3 Å². The maximum Gasteiger partial charge on any atom is 0.524 e. The zero-order valence-corrected chi connectivity index (χ0v) is 30.6. The zero-order chi connectivity index (χ0) is 40.6. The molecule has 0 aliphatic carbocycles. The van der Waals surface area contributed by atoms with Gasteiger partial charge in [-0.15, -0.1) is 0 Å². The van der Waals surface area contributed by atoms with Gasteiger partial charge in [-0.05, 0) is 63.3 Å². The van der Waals surface area contributed by atoms with E-state index in [2.05, 4.69) is 31.1 Å². The van der Waals surface area contributed by atoms with Gasteiger partial charge in [0.05, 0.1) is 12.5 Å². The van der Waals surface area contributed by atoms with Gasteiger partial charge >= 0.3 is 19.8 Å². The molecule has 0 fully saturated rings. The standard InChI is InChI=1S/C31H50N7O14P/c1-15(2)25(31(47)48)38-27(43)20(7-5-6-12-32)35-26(42)16(3)34-28(44)21(13-18-8-10-19(11-9-18)52-53(49,50)51)36-29(45)22(14-23(40)41)37-30(46)24(33)17(4)39/h8-11,15-17,20-22,24-25,39H,5-7,12-14,32-33H2,1-4H3,(H,34,44)(H,35,42)(H,36,45)(H,37,46)(H,38,43)(H,40,41)(H,47,48)(H2,49,50,51)/t16-,17+,20-,21-,22-,24-,25-/m0/s1. The molecule has 53 heavy (non-hydrogen) atoms. The number of carbonyl (C=O) groups excluding carboxylic acids is 5. The molecule has 298 valence electrons. The molecule has 0 aliphatic rings. The number of aliphatic hydroxyl groups is 1. The largest absolute Gasteiger partial charge is 0.524 e. The summed E-state index contributed by atoms with van der Waals surface area (Å²) in [5.41, 5.74) is 11.4. The van der Waals surface area contributed by atoms with Gasteiger partial charge in [0.2, 0.25) is 29.5 Å². The van der Waals surface area contributed by atoms with E-state index in [1.54, 1.807) is 13.8 Å². The number of aliphatic carboxylic acids is 2. The number of aliphatic hydroxyl groups excluding tert-OH is 1. The first-order valence-electron chi connectivity index (χ1n) is 16.5. The smallest absolute Gasteiger partial charge is 0.481 e. The molecule has 14 N–H and O–H groups in total. The lowest BCUT2D eigenvalue weighted by Crippen LogP contribution is -2.60. The first-order valence-corrected chi connectivity index (χ1v) is 18.0. The van der Waals surface area contributed by atoms with E-state index >= 15 is 0 Å². The number of rotatable bonds is 23. The van der Waals surface area contributed by atoms with Crippen LogP contribution in [-0.2, 0) is 44.5 Å². The average Bonchev–Trinajstić information content (AvgIpc) is 3.04. The second kappa shape index (κ2) is 21.8. The Bertz CT molecular complexity index is 1490. The fourth-order valence-electron chi connectivity index (χ4n) is 4.62. The summed E-state index contributed by atoms with van der Waals surface area (Å²) in [5, 5.41) is 40.3. The number of unbranched alkanes of at least 4 members (excludes halogenated alkanes) is 1. The Kier molecular flexibility index (Phi) is 19.0. The predicted octanol–water partition coefficient (Wildman–Crippen LogP) is -2.80. The molecule has 0 spiro atoms. The molecule has 0 unspecified atom stereocenters. The van der Waals surface area contributed by atoms with E-state index in [9.17, 15) is 53.4 Å². The fourth-order valence-corrected chi connectivity index (χ4v) is 5.01. The quantitative estimate of drug-likeness (QED) is 0.0394. The summed E-state index contributed by atoms with van der Waals surface area (Å²) in [6, 6.07) is -3.80. The van der Waals surface area contributed by atoms with Crippen molar-refractivity contribution < 1.29 is 67.8 Å². The number of carbonyl (C=O) groups is 7. The van der Waals surface area contributed by atoms with E-state index in [-0.39, 0.29) is 30.7 Å². The van der Waals surface area contributed by atoms with Crippen molar-refractivity contribution in [2.45, 2.75) is 102 Å². The molecule has 0 heterocycles. The monoisotopic (exact) mass is 775 g/mol. The van der Waals surface area contributed by atoms with Crippen molar-refractivity contribution in [2.24, 2.45) is 17.4 Å². The molecular weight excluding hydrogens is 725 g/mol. The molecule has 1 rings (SSSR count). The minimum Gasteiger partial charge on any atom is -0.481 e. The van der Waals surface area contributed by atoms with Crippen LogP contribution in [0, 0.1) is 5.92 Å². The Morgan fingerprint density at radius 3 is 1.77 bits per heavy atom. The summed E-state index contributed by atoms with van der Waals surface area (Å²) in [7, 11) is -4.90. The molecule has 0 aliphatic heterocycles. The second-order valence-corrected chi connectivity index (χ2v) is 13.7. The number of benzene rings is 1. The van der Waals surface area contributed by atoms with Crippen LogP contribution in [0.2, 0.25) is 0 Å². The van der Waals surface area contributed by atoms with Crippen molar-refractivity contribution in [3.63, 3.8) is 0 Å². The van der Waals surface area contributed by atoms with Gasteiger partial charge in [-0.3, -0.25) is 38.6 Å². The van der Waals surface area contributed by atoms with Crippen molar-refractivity contribution in [1.82, 2.24) is 26.6 Å². The van der Waals surface area contributed by atoms with Crippen LogP contribution in [0.4, 0.5) is 0 Å². The lowest BCUT2D eigenvalue weighted by molar-refractivity contribution is -0.143. The molecule has 7 atom stereocenters. The van der Waals surface area contributed by atoms with Crippen LogP contribution >= 0.6 is 7.82 Å². The third-order valence-electron chi connectivity index (χ3n) is 7.62. The molecule has 21 nitrogen and oxygen atoms in total. The second-order valence-electron chi connectivity index (χ2n) is 12.6. The van der Waals surface area contributed by atoms with Gasteiger partial charge in [0, 0.05) is 6.42 Å². The van der Waals surface area contributed by atoms with Crippen LogP contribution in [0.1, 0.15) is 58.9 Å². The zero-order valence-electron chi connectivity index (χ0n) is 29.7. The summed E-state index contributed by atoms with van der Waals surface area (Å²) >= 11 is 0. The summed E-state index contributed by atoms with van der Waals surface area (Å²) in [6.07, 6.45) is -1.72. The molecule has 0 saturated carbocycles. The van der Waals surface area contributed by atoms with Crippen molar-refractivity contribution in [2.75, 3.05) is 6.54 Å². The highest BCUT2D eigenvalue weighted by atomic mass is 31.2. The normalized spacial score (nSPS) is 15.4. The molecule has 0 aromatic heterocycles. The van der Waals surface area contributed by atoms with E-state index in [1.807, 2.05) is 0 Å². The maximum absolute atomic E-state index is 13.6.